The fourth-order valence-corrected chi connectivity index (χ4v) is 3.47. The Balaban J connectivity index is 2.01. The summed E-state index contributed by atoms with van der Waals surface area (Å²) in [5.41, 5.74) is 2.37. The number of nitrogens with one attached hydrogen (secondary N) is 1. The lowest BCUT2D eigenvalue weighted by Gasteiger charge is -2.31. The molecule has 0 amide bonds. The summed E-state index contributed by atoms with van der Waals surface area (Å²) >= 11 is 0. The summed E-state index contributed by atoms with van der Waals surface area (Å²) in [6, 6.07) is 12.4. The van der Waals surface area contributed by atoms with E-state index in [1.807, 2.05) is 18.3 Å². The average Bonchev–Trinajstić information content (AvgIpc) is 2.63. The minimum Gasteiger partial charge on any atom is -0.493 e. The zero-order chi connectivity index (χ0) is 16.1. The van der Waals surface area contributed by atoms with Crippen molar-refractivity contribution in [3.63, 3.8) is 0 Å². The first-order valence-corrected chi connectivity index (χ1v) is 8.17. The summed E-state index contributed by atoms with van der Waals surface area (Å²) in [4.78, 5) is 4.64. The first-order valence-electron chi connectivity index (χ1n) is 8.17. The van der Waals surface area contributed by atoms with E-state index in [4.69, 9.17) is 9.47 Å². The molecule has 1 aliphatic rings. The predicted octanol–water partition coefficient (Wildman–Crippen LogP) is 3.23. The second-order valence-electron chi connectivity index (χ2n) is 5.93. The largest absolute Gasteiger partial charge is 0.493 e. The molecule has 23 heavy (non-hydrogen) atoms. The maximum atomic E-state index is 5.49. The number of benzene rings is 1. The highest BCUT2D eigenvalue weighted by Crippen LogP contribution is 2.39. The van der Waals surface area contributed by atoms with Gasteiger partial charge in [-0.3, -0.25) is 4.98 Å². The van der Waals surface area contributed by atoms with E-state index < -0.39 is 0 Å². The van der Waals surface area contributed by atoms with Crippen molar-refractivity contribution in [3.8, 4) is 11.5 Å². The van der Waals surface area contributed by atoms with Crippen molar-refractivity contribution in [2.75, 3.05) is 27.3 Å². The van der Waals surface area contributed by atoms with Crippen molar-refractivity contribution in [3.05, 3.63) is 53.9 Å². The van der Waals surface area contributed by atoms with Crippen molar-refractivity contribution >= 4 is 0 Å². The van der Waals surface area contributed by atoms with E-state index in [-0.39, 0.29) is 5.92 Å². The van der Waals surface area contributed by atoms with Gasteiger partial charge in [-0.05, 0) is 61.7 Å². The highest BCUT2D eigenvalue weighted by molar-refractivity contribution is 5.45. The Morgan fingerprint density at radius 2 is 1.83 bits per heavy atom. The van der Waals surface area contributed by atoms with Gasteiger partial charge in [0.25, 0.3) is 0 Å². The summed E-state index contributed by atoms with van der Waals surface area (Å²) in [7, 11) is 3.35. The molecule has 1 aromatic carbocycles. The molecule has 1 aromatic heterocycles. The van der Waals surface area contributed by atoms with Crippen LogP contribution in [0.15, 0.2) is 42.6 Å². The molecule has 2 aromatic rings. The zero-order valence-electron chi connectivity index (χ0n) is 13.8. The molecular weight excluding hydrogens is 288 g/mol. The minimum absolute atomic E-state index is 0.290. The van der Waals surface area contributed by atoms with Gasteiger partial charge in [-0.25, -0.2) is 0 Å². The van der Waals surface area contributed by atoms with Crippen LogP contribution in [0.3, 0.4) is 0 Å². The second-order valence-corrected chi connectivity index (χ2v) is 5.93. The number of aromatic nitrogens is 1. The van der Waals surface area contributed by atoms with E-state index in [1.54, 1.807) is 14.2 Å². The molecule has 1 atom stereocenters. The van der Waals surface area contributed by atoms with Crippen LogP contribution >= 0.6 is 0 Å². The van der Waals surface area contributed by atoms with Crippen LogP contribution in [0.25, 0.3) is 0 Å². The highest BCUT2D eigenvalue weighted by Gasteiger charge is 2.28. The van der Waals surface area contributed by atoms with Crippen molar-refractivity contribution in [2.45, 2.75) is 18.8 Å². The van der Waals surface area contributed by atoms with Crippen LogP contribution in [0, 0.1) is 5.92 Å². The molecule has 122 valence electrons. The van der Waals surface area contributed by atoms with E-state index in [2.05, 4.69) is 34.6 Å². The highest BCUT2D eigenvalue weighted by atomic mass is 16.5. The second kappa shape index (κ2) is 7.47. The van der Waals surface area contributed by atoms with Gasteiger partial charge < -0.3 is 14.8 Å². The van der Waals surface area contributed by atoms with Crippen molar-refractivity contribution in [1.82, 2.24) is 10.3 Å². The van der Waals surface area contributed by atoms with Gasteiger partial charge in [0.1, 0.15) is 0 Å². The van der Waals surface area contributed by atoms with Crippen molar-refractivity contribution in [2.24, 2.45) is 5.92 Å². The molecule has 0 bridgehead atoms. The Labute approximate surface area is 137 Å². The predicted molar refractivity (Wildman–Crippen MR) is 91.2 cm³/mol. The normalized spacial score (nSPS) is 16.8. The van der Waals surface area contributed by atoms with Gasteiger partial charge in [0.05, 0.1) is 14.2 Å². The molecule has 1 fully saturated rings. The van der Waals surface area contributed by atoms with Gasteiger partial charge >= 0.3 is 0 Å². The molecular formula is C19H24N2O2. The Hall–Kier alpha value is -2.07. The van der Waals surface area contributed by atoms with Gasteiger partial charge in [0.2, 0.25) is 0 Å². The maximum absolute atomic E-state index is 5.49. The molecule has 1 aliphatic heterocycles. The third-order valence-corrected chi connectivity index (χ3v) is 4.63. The van der Waals surface area contributed by atoms with E-state index in [0.29, 0.717) is 5.92 Å². The lowest BCUT2D eigenvalue weighted by Crippen LogP contribution is -2.31. The van der Waals surface area contributed by atoms with Gasteiger partial charge in [-0.1, -0.05) is 12.1 Å². The average molecular weight is 312 g/mol. The van der Waals surface area contributed by atoms with Crippen molar-refractivity contribution in [1.29, 1.82) is 0 Å². The van der Waals surface area contributed by atoms with E-state index in [1.165, 1.54) is 5.56 Å². The molecule has 0 spiro atoms. The smallest absolute Gasteiger partial charge is 0.161 e. The Kier molecular flexibility index (Phi) is 5.13. The van der Waals surface area contributed by atoms with E-state index in [9.17, 15) is 0 Å². The molecule has 3 rings (SSSR count). The molecule has 1 saturated heterocycles. The van der Waals surface area contributed by atoms with Gasteiger partial charge in [0, 0.05) is 17.8 Å². The van der Waals surface area contributed by atoms with Crippen LogP contribution in [0.2, 0.25) is 0 Å². The van der Waals surface area contributed by atoms with Crippen LogP contribution in [-0.2, 0) is 0 Å². The van der Waals surface area contributed by atoms with Crippen molar-refractivity contribution < 1.29 is 9.47 Å². The molecule has 0 saturated carbocycles. The van der Waals surface area contributed by atoms with Crippen LogP contribution in [0.1, 0.15) is 30.0 Å². The Bertz CT molecular complexity index is 625. The molecule has 1 N–H and O–H groups in total. The maximum Gasteiger partial charge on any atom is 0.161 e. The minimum atomic E-state index is 0.290. The fraction of sp³-hybridized carbons (Fsp3) is 0.421. The monoisotopic (exact) mass is 312 g/mol. The lowest BCUT2D eigenvalue weighted by molar-refractivity contribution is 0.335. The van der Waals surface area contributed by atoms with Gasteiger partial charge in [0.15, 0.2) is 11.5 Å². The first kappa shape index (κ1) is 15.8. The molecule has 4 heteroatoms. The number of hydrogen-bond acceptors (Lipinski definition) is 4. The fourth-order valence-electron chi connectivity index (χ4n) is 3.47. The van der Waals surface area contributed by atoms with E-state index >= 15 is 0 Å². The van der Waals surface area contributed by atoms with Crippen LogP contribution < -0.4 is 14.8 Å². The molecule has 2 heterocycles. The number of pyridine rings is 1. The summed E-state index contributed by atoms with van der Waals surface area (Å²) in [6.07, 6.45) is 4.20. The van der Waals surface area contributed by atoms with Gasteiger partial charge in [-0.15, -0.1) is 0 Å². The Morgan fingerprint density at radius 1 is 1.04 bits per heavy atom. The number of nitrogens with zero attached hydrogens (tertiary/aromatic N) is 1. The standard InChI is InChI=1S/C19H24N2O2/c1-22-17-7-6-15(13-18(17)23-2)19(14-8-11-20-12-9-14)16-5-3-4-10-21-16/h3-7,10,13-14,19-20H,8-9,11-12H2,1-2H3. The summed E-state index contributed by atoms with van der Waals surface area (Å²) < 4.78 is 10.9. The number of rotatable bonds is 5. The third kappa shape index (κ3) is 3.48. The summed E-state index contributed by atoms with van der Waals surface area (Å²) in [5, 5.41) is 3.45. The van der Waals surface area contributed by atoms with Crippen LogP contribution in [-0.4, -0.2) is 32.3 Å². The molecule has 4 nitrogen and oxygen atoms in total. The number of hydrogen-bond donors (Lipinski definition) is 1. The first-order chi connectivity index (χ1) is 11.3. The third-order valence-electron chi connectivity index (χ3n) is 4.63. The number of piperidine rings is 1. The number of methoxy groups -OCH3 is 2. The zero-order valence-corrected chi connectivity index (χ0v) is 13.8. The molecule has 0 radical (unpaired) electrons. The SMILES string of the molecule is COc1ccc(C(c2ccccn2)C2CCNCC2)cc1OC. The summed E-state index contributed by atoms with van der Waals surface area (Å²) in [5.74, 6) is 2.42. The Morgan fingerprint density at radius 3 is 2.48 bits per heavy atom. The van der Waals surface area contributed by atoms with Crippen LogP contribution in [0.5, 0.6) is 11.5 Å². The number of ether oxygens (including phenoxy) is 2. The topological polar surface area (TPSA) is 43.4 Å². The molecule has 1 unspecified atom stereocenters. The quantitative estimate of drug-likeness (QED) is 0.920. The lowest BCUT2D eigenvalue weighted by atomic mass is 9.78. The van der Waals surface area contributed by atoms with E-state index in [0.717, 1.165) is 43.1 Å². The summed E-state index contributed by atoms with van der Waals surface area (Å²) in [6.45, 7) is 2.14. The van der Waals surface area contributed by atoms with Gasteiger partial charge in [-0.2, -0.15) is 0 Å². The molecule has 0 aliphatic carbocycles. The van der Waals surface area contributed by atoms with Crippen LogP contribution in [0.4, 0.5) is 0 Å².